The molecule has 0 atom stereocenters. The molecule has 0 unspecified atom stereocenters. The van der Waals surface area contributed by atoms with Crippen LogP contribution in [0.2, 0.25) is 0 Å². The Kier molecular flexibility index (Phi) is 4.57. The Morgan fingerprint density at radius 3 is 2.85 bits per heavy atom. The van der Waals surface area contributed by atoms with Gasteiger partial charge in [0.1, 0.15) is 11.6 Å². The molecule has 1 aromatic carbocycles. The number of nitrogens with zero attached hydrogens (tertiary/aromatic N) is 1. The zero-order valence-electron chi connectivity index (χ0n) is 11.1. The van der Waals surface area contributed by atoms with E-state index in [4.69, 9.17) is 4.74 Å². The van der Waals surface area contributed by atoms with Crippen molar-refractivity contribution in [2.45, 2.75) is 0 Å². The Morgan fingerprint density at radius 1 is 1.35 bits per heavy atom. The number of aromatic nitrogens is 1. The maximum absolute atomic E-state index is 12.3. The van der Waals surface area contributed by atoms with Crippen molar-refractivity contribution in [2.75, 3.05) is 24.8 Å². The van der Waals surface area contributed by atoms with Gasteiger partial charge in [0.05, 0.1) is 12.7 Å². The number of anilines is 2. The minimum absolute atomic E-state index is 0.239. The largest absolute Gasteiger partial charge is 0.497 e. The molecule has 6 heteroatoms. The number of hydrogen-bond acceptors (Lipinski definition) is 4. The van der Waals surface area contributed by atoms with E-state index < -0.39 is 0 Å². The summed E-state index contributed by atoms with van der Waals surface area (Å²) in [6.45, 7) is 0. The van der Waals surface area contributed by atoms with E-state index in [1.807, 2.05) is 12.1 Å². The minimum atomic E-state index is -0.239. The Bertz CT molecular complexity index is 632. The second-order valence-corrected chi connectivity index (χ2v) is 4.90. The minimum Gasteiger partial charge on any atom is -0.497 e. The Labute approximate surface area is 125 Å². The van der Waals surface area contributed by atoms with Gasteiger partial charge in [0.25, 0.3) is 5.91 Å². The first-order chi connectivity index (χ1) is 9.63. The molecule has 2 aromatic rings. The molecule has 0 spiro atoms. The summed E-state index contributed by atoms with van der Waals surface area (Å²) in [6.07, 6.45) is 1.63. The van der Waals surface area contributed by atoms with Gasteiger partial charge in [-0.2, -0.15) is 0 Å². The van der Waals surface area contributed by atoms with E-state index in [9.17, 15) is 4.79 Å². The van der Waals surface area contributed by atoms with Gasteiger partial charge < -0.3 is 15.4 Å². The number of rotatable bonds is 4. The SMILES string of the molecule is CNc1ncc(Br)cc1C(=O)Nc1cccc(OC)c1. The van der Waals surface area contributed by atoms with Crippen LogP contribution in [0.15, 0.2) is 41.0 Å². The average Bonchev–Trinajstić information content (AvgIpc) is 2.47. The molecular formula is C14H14BrN3O2. The molecule has 0 aliphatic carbocycles. The lowest BCUT2D eigenvalue weighted by Crippen LogP contribution is -2.14. The highest BCUT2D eigenvalue weighted by molar-refractivity contribution is 9.10. The number of carbonyl (C=O) groups is 1. The standard InChI is InChI=1S/C14H14BrN3O2/c1-16-13-12(6-9(15)8-17-13)14(19)18-10-4-3-5-11(7-10)20-2/h3-8H,1-2H3,(H,16,17)(H,18,19). The van der Waals surface area contributed by atoms with E-state index in [0.29, 0.717) is 22.8 Å². The van der Waals surface area contributed by atoms with E-state index in [-0.39, 0.29) is 5.91 Å². The van der Waals surface area contributed by atoms with Crippen molar-refractivity contribution < 1.29 is 9.53 Å². The number of pyridine rings is 1. The topological polar surface area (TPSA) is 63.2 Å². The summed E-state index contributed by atoms with van der Waals surface area (Å²) in [7, 11) is 3.30. The lowest BCUT2D eigenvalue weighted by molar-refractivity contribution is 0.102. The van der Waals surface area contributed by atoms with E-state index in [1.54, 1.807) is 38.6 Å². The second kappa shape index (κ2) is 6.38. The Morgan fingerprint density at radius 2 is 2.15 bits per heavy atom. The van der Waals surface area contributed by atoms with Gasteiger partial charge in [0.2, 0.25) is 0 Å². The normalized spacial score (nSPS) is 9.95. The van der Waals surface area contributed by atoms with Crippen LogP contribution < -0.4 is 15.4 Å². The summed E-state index contributed by atoms with van der Waals surface area (Å²) in [6, 6.07) is 8.89. The number of halogens is 1. The lowest BCUT2D eigenvalue weighted by Gasteiger charge is -2.10. The number of nitrogens with one attached hydrogen (secondary N) is 2. The van der Waals surface area contributed by atoms with Crippen LogP contribution in [0.4, 0.5) is 11.5 Å². The monoisotopic (exact) mass is 335 g/mol. The van der Waals surface area contributed by atoms with Crippen LogP contribution in [-0.2, 0) is 0 Å². The fraction of sp³-hybridized carbons (Fsp3) is 0.143. The summed E-state index contributed by atoms with van der Waals surface area (Å²) in [5.41, 5.74) is 1.13. The van der Waals surface area contributed by atoms with Crippen LogP contribution in [0.1, 0.15) is 10.4 Å². The first-order valence-electron chi connectivity index (χ1n) is 5.92. The average molecular weight is 336 g/mol. The van der Waals surface area contributed by atoms with Gasteiger partial charge in [-0.05, 0) is 34.1 Å². The molecule has 1 aromatic heterocycles. The van der Waals surface area contributed by atoms with Crippen molar-refractivity contribution in [1.82, 2.24) is 4.98 Å². The molecule has 0 saturated heterocycles. The third kappa shape index (κ3) is 3.27. The van der Waals surface area contributed by atoms with E-state index in [2.05, 4.69) is 31.5 Å². The summed E-state index contributed by atoms with van der Waals surface area (Å²) < 4.78 is 5.87. The smallest absolute Gasteiger partial charge is 0.259 e. The molecule has 0 radical (unpaired) electrons. The molecular weight excluding hydrogens is 322 g/mol. The van der Waals surface area contributed by atoms with Gasteiger partial charge in [-0.25, -0.2) is 4.98 Å². The van der Waals surface area contributed by atoms with Gasteiger partial charge in [-0.3, -0.25) is 4.79 Å². The van der Waals surface area contributed by atoms with Gasteiger partial charge in [-0.1, -0.05) is 6.07 Å². The molecule has 0 bridgehead atoms. The molecule has 0 saturated carbocycles. The highest BCUT2D eigenvalue weighted by Crippen LogP contribution is 2.21. The van der Waals surface area contributed by atoms with Crippen LogP contribution in [0.25, 0.3) is 0 Å². The van der Waals surface area contributed by atoms with Gasteiger partial charge >= 0.3 is 0 Å². The number of methoxy groups -OCH3 is 1. The van der Waals surface area contributed by atoms with Crippen LogP contribution in [0.5, 0.6) is 5.75 Å². The number of ether oxygens (including phenoxy) is 1. The zero-order chi connectivity index (χ0) is 14.5. The van der Waals surface area contributed by atoms with Gasteiger partial charge in [0.15, 0.2) is 0 Å². The fourth-order valence-corrected chi connectivity index (χ4v) is 2.04. The van der Waals surface area contributed by atoms with E-state index in [0.717, 1.165) is 4.47 Å². The van der Waals surface area contributed by atoms with Gasteiger partial charge in [-0.15, -0.1) is 0 Å². The number of carbonyl (C=O) groups excluding carboxylic acids is 1. The second-order valence-electron chi connectivity index (χ2n) is 3.99. The van der Waals surface area contributed by atoms with Crippen LogP contribution in [0.3, 0.4) is 0 Å². The van der Waals surface area contributed by atoms with Crippen LogP contribution >= 0.6 is 15.9 Å². The maximum atomic E-state index is 12.3. The quantitative estimate of drug-likeness (QED) is 0.900. The van der Waals surface area contributed by atoms with Crippen molar-refractivity contribution >= 4 is 33.3 Å². The Hall–Kier alpha value is -2.08. The van der Waals surface area contributed by atoms with Crippen LogP contribution in [-0.4, -0.2) is 25.0 Å². The number of amides is 1. The fourth-order valence-electron chi connectivity index (χ4n) is 1.71. The molecule has 1 heterocycles. The molecule has 0 aliphatic rings. The summed E-state index contributed by atoms with van der Waals surface area (Å²) in [5, 5.41) is 5.71. The Balaban J connectivity index is 2.25. The highest BCUT2D eigenvalue weighted by Gasteiger charge is 2.13. The predicted octanol–water partition coefficient (Wildman–Crippen LogP) is 3.15. The lowest BCUT2D eigenvalue weighted by atomic mass is 10.2. The zero-order valence-corrected chi connectivity index (χ0v) is 12.7. The van der Waals surface area contributed by atoms with Gasteiger partial charge in [0, 0.05) is 29.5 Å². The third-order valence-corrected chi connectivity index (χ3v) is 3.10. The first kappa shape index (κ1) is 14.3. The van der Waals surface area contributed by atoms with Crippen molar-refractivity contribution in [3.8, 4) is 5.75 Å². The molecule has 5 nitrogen and oxygen atoms in total. The van der Waals surface area contributed by atoms with E-state index in [1.165, 1.54) is 0 Å². The molecule has 2 N–H and O–H groups in total. The van der Waals surface area contributed by atoms with Crippen molar-refractivity contribution in [3.63, 3.8) is 0 Å². The maximum Gasteiger partial charge on any atom is 0.259 e. The van der Waals surface area contributed by atoms with E-state index >= 15 is 0 Å². The summed E-state index contributed by atoms with van der Waals surface area (Å²) >= 11 is 3.31. The summed E-state index contributed by atoms with van der Waals surface area (Å²) in [4.78, 5) is 16.4. The predicted molar refractivity (Wildman–Crippen MR) is 82.4 cm³/mol. The number of hydrogen-bond donors (Lipinski definition) is 2. The highest BCUT2D eigenvalue weighted by atomic mass is 79.9. The van der Waals surface area contributed by atoms with Crippen molar-refractivity contribution in [1.29, 1.82) is 0 Å². The van der Waals surface area contributed by atoms with Crippen LogP contribution in [0, 0.1) is 0 Å². The van der Waals surface area contributed by atoms with Crippen molar-refractivity contribution in [3.05, 3.63) is 46.6 Å². The number of benzene rings is 1. The molecule has 0 fully saturated rings. The van der Waals surface area contributed by atoms with Crippen molar-refractivity contribution in [2.24, 2.45) is 0 Å². The summed E-state index contributed by atoms with van der Waals surface area (Å²) in [5.74, 6) is 0.967. The third-order valence-electron chi connectivity index (χ3n) is 2.66. The molecule has 2 rings (SSSR count). The molecule has 1 amide bonds. The molecule has 0 aliphatic heterocycles. The first-order valence-corrected chi connectivity index (χ1v) is 6.72. The molecule has 104 valence electrons. The molecule has 20 heavy (non-hydrogen) atoms.